The predicted octanol–water partition coefficient (Wildman–Crippen LogP) is 11.2. The van der Waals surface area contributed by atoms with Crippen LogP contribution in [0.4, 0.5) is 0 Å². The molecular weight excluding hydrogens is 574 g/mol. The summed E-state index contributed by atoms with van der Waals surface area (Å²) in [4.78, 5) is 15.7. The van der Waals surface area contributed by atoms with Crippen molar-refractivity contribution < 1.29 is 4.42 Å². The summed E-state index contributed by atoms with van der Waals surface area (Å²) < 4.78 is 6.27. The number of rotatable bonds is 4. The Kier molecular flexibility index (Phi) is 5.54. The van der Waals surface area contributed by atoms with Crippen LogP contribution in [-0.4, -0.2) is 15.0 Å². The van der Waals surface area contributed by atoms with Gasteiger partial charge in [-0.15, -0.1) is 0 Å². The summed E-state index contributed by atoms with van der Waals surface area (Å²) in [7, 11) is 0. The van der Waals surface area contributed by atoms with Gasteiger partial charge in [0.15, 0.2) is 17.5 Å². The average Bonchev–Trinajstić information content (AvgIpc) is 3.69. The zero-order valence-corrected chi connectivity index (χ0v) is 25.2. The van der Waals surface area contributed by atoms with Gasteiger partial charge in [0.2, 0.25) is 0 Å². The van der Waals surface area contributed by atoms with E-state index in [9.17, 15) is 0 Å². The minimum absolute atomic E-state index is 0.608. The van der Waals surface area contributed by atoms with E-state index in [0.29, 0.717) is 17.5 Å². The van der Waals surface area contributed by atoms with Crippen LogP contribution in [0.5, 0.6) is 0 Å². The fourth-order valence-corrected chi connectivity index (χ4v) is 7.25. The van der Waals surface area contributed by atoms with E-state index in [0.717, 1.165) is 55.1 Å². The first-order valence-electron chi connectivity index (χ1n) is 15.8. The molecule has 0 aliphatic heterocycles. The van der Waals surface area contributed by atoms with Crippen LogP contribution in [0.1, 0.15) is 0 Å². The molecule has 4 nitrogen and oxygen atoms in total. The van der Waals surface area contributed by atoms with Crippen LogP contribution in [0.25, 0.3) is 100 Å². The van der Waals surface area contributed by atoms with Gasteiger partial charge in [-0.25, -0.2) is 15.0 Å². The SMILES string of the molecule is c1ccc(-c2ccccc2-c2nc(-c3ccc4c5c(cccc35)-c3ccccc3-4)nc(-c3cccc4oc5ccccc5c34)n2)cc1. The largest absolute Gasteiger partial charge is 0.456 e. The monoisotopic (exact) mass is 599 g/mol. The molecule has 4 heteroatoms. The topological polar surface area (TPSA) is 51.8 Å². The molecule has 9 aromatic rings. The van der Waals surface area contributed by atoms with Crippen molar-refractivity contribution in [3.63, 3.8) is 0 Å². The molecule has 0 fully saturated rings. The molecule has 10 rings (SSSR count). The summed E-state index contributed by atoms with van der Waals surface area (Å²) in [6.07, 6.45) is 0. The van der Waals surface area contributed by atoms with E-state index in [1.807, 2.05) is 42.5 Å². The molecule has 0 saturated heterocycles. The van der Waals surface area contributed by atoms with Crippen molar-refractivity contribution in [2.24, 2.45) is 0 Å². The maximum absolute atomic E-state index is 6.27. The van der Waals surface area contributed by atoms with E-state index in [2.05, 4.69) is 109 Å². The molecule has 1 aliphatic rings. The van der Waals surface area contributed by atoms with Crippen molar-refractivity contribution >= 4 is 32.7 Å². The number of furan rings is 1. The number of nitrogens with zero attached hydrogens (tertiary/aromatic N) is 3. The third-order valence-electron chi connectivity index (χ3n) is 9.32. The lowest BCUT2D eigenvalue weighted by Crippen LogP contribution is -2.02. The average molecular weight is 600 g/mol. The van der Waals surface area contributed by atoms with Crippen molar-refractivity contribution in [2.75, 3.05) is 0 Å². The zero-order chi connectivity index (χ0) is 30.9. The summed E-state index contributed by atoms with van der Waals surface area (Å²) >= 11 is 0. The van der Waals surface area contributed by atoms with Gasteiger partial charge < -0.3 is 4.42 Å². The molecule has 0 bridgehead atoms. The van der Waals surface area contributed by atoms with Crippen LogP contribution in [0, 0.1) is 0 Å². The standard InChI is InChI=1S/C43H25N3O/c1-2-12-26(13-3-1)27-14-4-7-17-33(27)41-44-42(34-25-24-32-29-16-6-5-15-28(29)30-19-10-20-31(34)39(30)32)46-43(45-41)36-21-11-23-38-40(36)35-18-8-9-22-37(35)47-38/h1-25H. The lowest BCUT2D eigenvalue weighted by Gasteiger charge is -2.14. The number of benzene rings is 7. The summed E-state index contributed by atoms with van der Waals surface area (Å²) in [5.41, 5.74) is 11.7. The van der Waals surface area contributed by atoms with Crippen LogP contribution in [0.3, 0.4) is 0 Å². The minimum Gasteiger partial charge on any atom is -0.456 e. The first-order chi connectivity index (χ1) is 23.3. The van der Waals surface area contributed by atoms with Crippen LogP contribution >= 0.6 is 0 Å². The third-order valence-corrected chi connectivity index (χ3v) is 9.32. The first kappa shape index (κ1) is 25.9. The molecule has 0 N–H and O–H groups in total. The molecule has 7 aromatic carbocycles. The zero-order valence-electron chi connectivity index (χ0n) is 25.2. The highest BCUT2D eigenvalue weighted by Crippen LogP contribution is 2.49. The van der Waals surface area contributed by atoms with Gasteiger partial charge >= 0.3 is 0 Å². The fourth-order valence-electron chi connectivity index (χ4n) is 7.25. The Labute approximate surface area is 270 Å². The van der Waals surface area contributed by atoms with Crippen molar-refractivity contribution in [3.05, 3.63) is 152 Å². The van der Waals surface area contributed by atoms with E-state index in [-0.39, 0.29) is 0 Å². The molecule has 47 heavy (non-hydrogen) atoms. The summed E-state index contributed by atoms with van der Waals surface area (Å²) in [6, 6.07) is 52.6. The highest BCUT2D eigenvalue weighted by molar-refractivity contribution is 6.18. The fraction of sp³-hybridized carbons (Fsp3) is 0. The Hall–Kier alpha value is -6.39. The highest BCUT2D eigenvalue weighted by atomic mass is 16.3. The first-order valence-corrected chi connectivity index (χ1v) is 15.8. The third kappa shape index (κ3) is 3.92. The van der Waals surface area contributed by atoms with E-state index in [4.69, 9.17) is 19.4 Å². The molecule has 0 atom stereocenters. The molecule has 218 valence electrons. The molecule has 0 unspecified atom stereocenters. The normalized spacial score (nSPS) is 11.8. The van der Waals surface area contributed by atoms with Gasteiger partial charge in [0.25, 0.3) is 0 Å². The second-order valence-corrected chi connectivity index (χ2v) is 11.9. The van der Waals surface area contributed by atoms with Gasteiger partial charge in [-0.05, 0) is 62.4 Å². The van der Waals surface area contributed by atoms with Crippen LogP contribution in [-0.2, 0) is 0 Å². The van der Waals surface area contributed by atoms with E-state index >= 15 is 0 Å². The Bertz CT molecular complexity index is 2660. The maximum Gasteiger partial charge on any atom is 0.164 e. The van der Waals surface area contributed by atoms with Crippen molar-refractivity contribution in [1.29, 1.82) is 0 Å². The lowest BCUT2D eigenvalue weighted by atomic mass is 9.97. The van der Waals surface area contributed by atoms with E-state index in [1.54, 1.807) is 0 Å². The van der Waals surface area contributed by atoms with Gasteiger partial charge in [-0.2, -0.15) is 0 Å². The Balaban J connectivity index is 1.27. The van der Waals surface area contributed by atoms with Gasteiger partial charge in [0.1, 0.15) is 11.2 Å². The second-order valence-electron chi connectivity index (χ2n) is 11.9. The van der Waals surface area contributed by atoms with Crippen molar-refractivity contribution in [3.8, 4) is 67.5 Å². The van der Waals surface area contributed by atoms with Gasteiger partial charge in [0.05, 0.1) is 0 Å². The van der Waals surface area contributed by atoms with Gasteiger partial charge in [0, 0.05) is 27.5 Å². The molecule has 0 amide bonds. The quantitative estimate of drug-likeness (QED) is 0.202. The van der Waals surface area contributed by atoms with E-state index in [1.165, 1.54) is 27.6 Å². The highest BCUT2D eigenvalue weighted by Gasteiger charge is 2.24. The lowest BCUT2D eigenvalue weighted by molar-refractivity contribution is 0.669. The van der Waals surface area contributed by atoms with E-state index < -0.39 is 0 Å². The summed E-state index contributed by atoms with van der Waals surface area (Å²) in [5, 5.41) is 4.40. The van der Waals surface area contributed by atoms with Gasteiger partial charge in [-0.3, -0.25) is 0 Å². The molecule has 0 spiro atoms. The predicted molar refractivity (Wildman–Crippen MR) is 191 cm³/mol. The number of hydrogen-bond acceptors (Lipinski definition) is 4. The number of aromatic nitrogens is 3. The number of para-hydroxylation sites is 1. The molecule has 2 heterocycles. The number of fused-ring (bicyclic) bond motifs is 6. The van der Waals surface area contributed by atoms with Crippen LogP contribution in [0.15, 0.2) is 156 Å². The van der Waals surface area contributed by atoms with Crippen LogP contribution in [0.2, 0.25) is 0 Å². The molecule has 2 aromatic heterocycles. The van der Waals surface area contributed by atoms with Crippen molar-refractivity contribution in [2.45, 2.75) is 0 Å². The van der Waals surface area contributed by atoms with Crippen LogP contribution < -0.4 is 0 Å². The van der Waals surface area contributed by atoms with Gasteiger partial charge in [-0.1, -0.05) is 133 Å². The molecular formula is C43H25N3O. The molecule has 0 saturated carbocycles. The smallest absolute Gasteiger partial charge is 0.164 e. The second kappa shape index (κ2) is 10.1. The Morgan fingerprint density at radius 1 is 0.298 bits per heavy atom. The Morgan fingerprint density at radius 3 is 1.62 bits per heavy atom. The number of hydrogen-bond donors (Lipinski definition) is 0. The maximum atomic E-state index is 6.27. The molecule has 0 radical (unpaired) electrons. The Morgan fingerprint density at radius 2 is 0.809 bits per heavy atom. The van der Waals surface area contributed by atoms with Crippen molar-refractivity contribution in [1.82, 2.24) is 15.0 Å². The minimum atomic E-state index is 0.608. The summed E-state index contributed by atoms with van der Waals surface area (Å²) in [5.74, 6) is 1.87. The summed E-state index contributed by atoms with van der Waals surface area (Å²) in [6.45, 7) is 0. The molecule has 1 aliphatic carbocycles.